The minimum atomic E-state index is -3.70. The summed E-state index contributed by atoms with van der Waals surface area (Å²) in [7, 11) is -3.70. The number of amides is 1. The maximum Gasteiger partial charge on any atom is 0.243 e. The highest BCUT2D eigenvalue weighted by Crippen LogP contribution is 2.20. The van der Waals surface area contributed by atoms with Crippen LogP contribution in [-0.4, -0.2) is 37.3 Å². The van der Waals surface area contributed by atoms with Crippen LogP contribution in [0.15, 0.2) is 29.2 Å². The Morgan fingerprint density at radius 1 is 1.24 bits per heavy atom. The van der Waals surface area contributed by atoms with E-state index in [9.17, 15) is 17.6 Å². The molecule has 140 valence electrons. The Balaban J connectivity index is 1.93. The predicted molar refractivity (Wildman–Crippen MR) is 95.1 cm³/mol. The average molecular weight is 370 g/mol. The van der Waals surface area contributed by atoms with Gasteiger partial charge in [-0.1, -0.05) is 12.8 Å². The van der Waals surface area contributed by atoms with E-state index >= 15 is 0 Å². The minimum absolute atomic E-state index is 0.0187. The van der Waals surface area contributed by atoms with Gasteiger partial charge in [0.1, 0.15) is 5.82 Å². The monoisotopic (exact) mass is 370 g/mol. The maximum atomic E-state index is 13.0. The van der Waals surface area contributed by atoms with Crippen molar-refractivity contribution in [2.45, 2.75) is 69.4 Å². The Kier molecular flexibility index (Phi) is 6.95. The molecule has 1 amide bonds. The number of nitrogens with one attached hydrogen (secondary N) is 1. The zero-order valence-electron chi connectivity index (χ0n) is 14.9. The van der Waals surface area contributed by atoms with E-state index in [2.05, 4.69) is 5.32 Å². The van der Waals surface area contributed by atoms with Gasteiger partial charge in [-0.05, 0) is 57.4 Å². The minimum Gasteiger partial charge on any atom is -0.353 e. The largest absolute Gasteiger partial charge is 0.353 e. The van der Waals surface area contributed by atoms with E-state index in [-0.39, 0.29) is 29.4 Å². The van der Waals surface area contributed by atoms with Crippen molar-refractivity contribution in [1.29, 1.82) is 0 Å². The molecule has 5 nitrogen and oxygen atoms in total. The maximum absolute atomic E-state index is 13.0. The molecule has 1 aromatic rings. The van der Waals surface area contributed by atoms with Crippen LogP contribution in [0.25, 0.3) is 0 Å². The summed E-state index contributed by atoms with van der Waals surface area (Å²) in [5.74, 6) is -0.492. The lowest BCUT2D eigenvalue weighted by Gasteiger charge is -2.26. The van der Waals surface area contributed by atoms with Crippen molar-refractivity contribution < 1.29 is 17.6 Å². The lowest BCUT2D eigenvalue weighted by Crippen LogP contribution is -2.38. The molecular formula is C18H27FN2O3S. The highest BCUT2D eigenvalue weighted by Gasteiger charge is 2.27. The van der Waals surface area contributed by atoms with E-state index in [0.29, 0.717) is 12.8 Å². The number of hydrogen-bond donors (Lipinski definition) is 1. The van der Waals surface area contributed by atoms with Gasteiger partial charge in [0.15, 0.2) is 0 Å². The summed E-state index contributed by atoms with van der Waals surface area (Å²) in [6.07, 6.45) is 5.13. The van der Waals surface area contributed by atoms with Crippen LogP contribution in [0, 0.1) is 5.82 Å². The highest BCUT2D eigenvalue weighted by molar-refractivity contribution is 7.89. The van der Waals surface area contributed by atoms with Gasteiger partial charge < -0.3 is 5.32 Å². The second kappa shape index (κ2) is 8.76. The number of halogens is 1. The van der Waals surface area contributed by atoms with E-state index in [1.54, 1.807) is 13.8 Å². The first-order chi connectivity index (χ1) is 11.8. The molecule has 1 aliphatic carbocycles. The summed E-state index contributed by atoms with van der Waals surface area (Å²) in [6.45, 7) is 3.84. The number of nitrogens with zero attached hydrogens (tertiary/aromatic N) is 1. The van der Waals surface area contributed by atoms with E-state index in [0.717, 1.165) is 37.8 Å². The van der Waals surface area contributed by atoms with E-state index in [1.165, 1.54) is 16.4 Å². The molecular weight excluding hydrogens is 343 g/mol. The fraction of sp³-hybridized carbons (Fsp3) is 0.611. The number of hydrogen-bond acceptors (Lipinski definition) is 3. The first-order valence-electron chi connectivity index (χ1n) is 8.87. The summed E-state index contributed by atoms with van der Waals surface area (Å²) in [5.41, 5.74) is 0. The van der Waals surface area contributed by atoms with Crippen LogP contribution in [0.1, 0.15) is 52.4 Å². The molecule has 0 spiro atoms. The summed E-state index contributed by atoms with van der Waals surface area (Å²) in [6, 6.07) is 4.85. The highest BCUT2D eigenvalue weighted by atomic mass is 32.2. The van der Waals surface area contributed by atoms with Gasteiger partial charge in [-0.25, -0.2) is 12.8 Å². The molecule has 25 heavy (non-hydrogen) atoms. The van der Waals surface area contributed by atoms with Crippen LogP contribution in [0.5, 0.6) is 0 Å². The lowest BCUT2D eigenvalue weighted by atomic mass is 10.2. The van der Waals surface area contributed by atoms with Crippen molar-refractivity contribution >= 4 is 15.9 Å². The second-order valence-corrected chi connectivity index (χ2v) is 8.71. The van der Waals surface area contributed by atoms with Gasteiger partial charge in [-0.15, -0.1) is 0 Å². The summed E-state index contributed by atoms with van der Waals surface area (Å²) < 4.78 is 39.9. The zero-order chi connectivity index (χ0) is 18.4. The lowest BCUT2D eigenvalue weighted by molar-refractivity contribution is -0.121. The Hall–Kier alpha value is -1.47. The molecule has 0 saturated heterocycles. The Morgan fingerprint density at radius 3 is 2.40 bits per heavy atom. The van der Waals surface area contributed by atoms with Crippen molar-refractivity contribution in [2.75, 3.05) is 6.54 Å². The molecule has 0 aliphatic heterocycles. The van der Waals surface area contributed by atoms with Crippen LogP contribution < -0.4 is 5.32 Å². The van der Waals surface area contributed by atoms with Crippen LogP contribution in [0.4, 0.5) is 4.39 Å². The molecule has 1 aromatic carbocycles. The standard InChI is InChI=1S/C18H27FN2O3S/c1-14(2)21(25(23,24)17-11-9-15(19)10-12-17)13-5-8-18(22)20-16-6-3-4-7-16/h9-12,14,16H,3-8,13H2,1-2H3,(H,20,22). The van der Waals surface area contributed by atoms with Gasteiger partial charge >= 0.3 is 0 Å². The van der Waals surface area contributed by atoms with Crippen LogP contribution in [0.2, 0.25) is 0 Å². The first-order valence-corrected chi connectivity index (χ1v) is 10.3. The zero-order valence-corrected chi connectivity index (χ0v) is 15.7. The van der Waals surface area contributed by atoms with E-state index in [1.807, 2.05) is 0 Å². The molecule has 2 rings (SSSR count). The van der Waals surface area contributed by atoms with Crippen molar-refractivity contribution in [2.24, 2.45) is 0 Å². The van der Waals surface area contributed by atoms with Gasteiger partial charge in [-0.3, -0.25) is 4.79 Å². The first kappa shape index (κ1) is 19.8. The van der Waals surface area contributed by atoms with Crippen molar-refractivity contribution in [3.63, 3.8) is 0 Å². The van der Waals surface area contributed by atoms with Crippen LogP contribution in [-0.2, 0) is 14.8 Å². The molecule has 1 saturated carbocycles. The van der Waals surface area contributed by atoms with E-state index in [4.69, 9.17) is 0 Å². The van der Waals surface area contributed by atoms with Crippen molar-refractivity contribution in [3.8, 4) is 0 Å². The van der Waals surface area contributed by atoms with Gasteiger partial charge in [0.05, 0.1) is 4.90 Å². The summed E-state index contributed by atoms with van der Waals surface area (Å²) >= 11 is 0. The number of carbonyl (C=O) groups excluding carboxylic acids is 1. The number of benzene rings is 1. The van der Waals surface area contributed by atoms with E-state index < -0.39 is 15.8 Å². The molecule has 0 unspecified atom stereocenters. The predicted octanol–water partition coefficient (Wildman–Crippen LogP) is 3.06. The van der Waals surface area contributed by atoms with Gasteiger partial charge in [0.2, 0.25) is 15.9 Å². The molecule has 0 atom stereocenters. The molecule has 1 N–H and O–H groups in total. The molecule has 1 fully saturated rings. The summed E-state index contributed by atoms with van der Waals surface area (Å²) in [4.78, 5) is 12.1. The average Bonchev–Trinajstić information content (AvgIpc) is 3.04. The quantitative estimate of drug-likeness (QED) is 0.765. The number of sulfonamides is 1. The fourth-order valence-corrected chi connectivity index (χ4v) is 4.84. The third kappa shape index (κ3) is 5.51. The van der Waals surface area contributed by atoms with Crippen LogP contribution in [0.3, 0.4) is 0 Å². The number of carbonyl (C=O) groups is 1. The second-order valence-electron chi connectivity index (χ2n) is 6.82. The topological polar surface area (TPSA) is 66.5 Å². The molecule has 0 radical (unpaired) electrons. The van der Waals surface area contributed by atoms with Crippen LogP contribution >= 0.6 is 0 Å². The number of rotatable bonds is 8. The Bertz CT molecular complexity index is 668. The molecule has 0 aromatic heterocycles. The summed E-state index contributed by atoms with van der Waals surface area (Å²) in [5, 5.41) is 3.01. The molecule has 0 bridgehead atoms. The SMILES string of the molecule is CC(C)N(CCCC(=O)NC1CCCC1)S(=O)(=O)c1ccc(F)cc1. The van der Waals surface area contributed by atoms with Gasteiger partial charge in [0.25, 0.3) is 0 Å². The molecule has 0 heterocycles. The molecule has 1 aliphatic rings. The normalized spacial score (nSPS) is 15.9. The third-order valence-corrected chi connectivity index (χ3v) is 6.59. The smallest absolute Gasteiger partial charge is 0.243 e. The van der Waals surface area contributed by atoms with Crippen molar-refractivity contribution in [3.05, 3.63) is 30.1 Å². The van der Waals surface area contributed by atoms with Gasteiger partial charge in [0, 0.05) is 25.0 Å². The molecule has 7 heteroatoms. The van der Waals surface area contributed by atoms with Crippen molar-refractivity contribution in [1.82, 2.24) is 9.62 Å². The Labute approximate surface area is 149 Å². The van der Waals surface area contributed by atoms with Gasteiger partial charge in [-0.2, -0.15) is 4.31 Å². The third-order valence-electron chi connectivity index (χ3n) is 4.50. The Morgan fingerprint density at radius 2 is 1.84 bits per heavy atom. The fourth-order valence-electron chi connectivity index (χ4n) is 3.16.